The van der Waals surface area contributed by atoms with E-state index in [9.17, 15) is 14.4 Å². The summed E-state index contributed by atoms with van der Waals surface area (Å²) in [5.74, 6) is -0.579. The maximum Gasteiger partial charge on any atom is 0.325 e. The van der Waals surface area contributed by atoms with Crippen LogP contribution in [0.15, 0.2) is 36.9 Å². The molecule has 2 N–H and O–H groups in total. The smallest absolute Gasteiger partial charge is 0.325 e. The number of hydrogen-bond donors (Lipinski definition) is 2. The highest BCUT2D eigenvalue weighted by Gasteiger charge is 2.55. The zero-order valence-corrected chi connectivity index (χ0v) is 17.2. The molecule has 9 heteroatoms. The van der Waals surface area contributed by atoms with Gasteiger partial charge >= 0.3 is 6.03 Å². The summed E-state index contributed by atoms with van der Waals surface area (Å²) in [7, 11) is 0. The van der Waals surface area contributed by atoms with Gasteiger partial charge in [-0.15, -0.1) is 0 Å². The van der Waals surface area contributed by atoms with E-state index >= 15 is 0 Å². The summed E-state index contributed by atoms with van der Waals surface area (Å²) in [6.07, 6.45) is 6.56. The van der Waals surface area contributed by atoms with Crippen molar-refractivity contribution in [2.45, 2.75) is 51.1 Å². The number of nitrogens with zero attached hydrogens (tertiary/aromatic N) is 4. The molecule has 30 heavy (non-hydrogen) atoms. The van der Waals surface area contributed by atoms with Crippen molar-refractivity contribution in [2.24, 2.45) is 5.92 Å². The Morgan fingerprint density at radius 3 is 2.73 bits per heavy atom. The molecule has 1 saturated heterocycles. The van der Waals surface area contributed by atoms with Crippen LogP contribution in [-0.4, -0.2) is 49.6 Å². The van der Waals surface area contributed by atoms with Crippen molar-refractivity contribution in [3.63, 3.8) is 0 Å². The van der Waals surface area contributed by atoms with E-state index in [0.717, 1.165) is 35.4 Å². The minimum absolute atomic E-state index is 0.0678. The van der Waals surface area contributed by atoms with E-state index in [2.05, 4.69) is 20.7 Å². The number of urea groups is 1. The van der Waals surface area contributed by atoms with Gasteiger partial charge in [-0.05, 0) is 43.4 Å². The van der Waals surface area contributed by atoms with Crippen LogP contribution in [0.25, 0.3) is 5.69 Å². The number of hydrogen-bond acceptors (Lipinski definition) is 5. The molecule has 1 spiro atoms. The molecule has 2 aliphatic rings. The Kier molecular flexibility index (Phi) is 5.27. The van der Waals surface area contributed by atoms with Gasteiger partial charge in [0, 0.05) is 0 Å². The van der Waals surface area contributed by atoms with Crippen molar-refractivity contribution in [1.29, 1.82) is 0 Å². The van der Waals surface area contributed by atoms with Gasteiger partial charge in [-0.2, -0.15) is 5.10 Å². The third kappa shape index (κ3) is 3.55. The predicted octanol–water partition coefficient (Wildman–Crippen LogP) is 1.95. The second kappa shape index (κ2) is 7.89. The molecule has 2 fully saturated rings. The van der Waals surface area contributed by atoms with Crippen LogP contribution >= 0.6 is 0 Å². The van der Waals surface area contributed by atoms with Gasteiger partial charge in [0.25, 0.3) is 5.91 Å². The van der Waals surface area contributed by atoms with Crippen molar-refractivity contribution in [2.75, 3.05) is 6.54 Å². The van der Waals surface area contributed by atoms with Crippen molar-refractivity contribution in [3.8, 4) is 5.69 Å². The first-order valence-electron chi connectivity index (χ1n) is 10.3. The molecule has 1 saturated carbocycles. The third-order valence-corrected chi connectivity index (χ3v) is 6.26. The van der Waals surface area contributed by atoms with Crippen LogP contribution in [0.1, 0.15) is 51.1 Å². The number of carbonyl (C=O) groups is 3. The second-order valence-electron chi connectivity index (χ2n) is 8.16. The van der Waals surface area contributed by atoms with Crippen LogP contribution in [0.4, 0.5) is 4.79 Å². The van der Waals surface area contributed by atoms with Crippen LogP contribution in [-0.2, 0) is 9.59 Å². The number of nitrogens with one attached hydrogen (secondary N) is 2. The first-order chi connectivity index (χ1) is 14.4. The Morgan fingerprint density at radius 2 is 2.07 bits per heavy atom. The molecular weight excluding hydrogens is 384 g/mol. The second-order valence-corrected chi connectivity index (χ2v) is 8.16. The highest BCUT2D eigenvalue weighted by atomic mass is 16.2. The average Bonchev–Trinajstić information content (AvgIpc) is 3.34. The van der Waals surface area contributed by atoms with Crippen LogP contribution in [0.2, 0.25) is 0 Å². The van der Waals surface area contributed by atoms with Gasteiger partial charge in [-0.1, -0.05) is 31.9 Å². The molecule has 1 aliphatic heterocycles. The van der Waals surface area contributed by atoms with Crippen molar-refractivity contribution >= 4 is 17.8 Å². The Labute approximate surface area is 174 Å². The molecule has 0 unspecified atom stereocenters. The van der Waals surface area contributed by atoms with Crippen molar-refractivity contribution in [3.05, 3.63) is 42.5 Å². The molecule has 2 aromatic rings. The van der Waals surface area contributed by atoms with Gasteiger partial charge in [0.15, 0.2) is 0 Å². The lowest BCUT2D eigenvalue weighted by atomic mass is 9.73. The van der Waals surface area contributed by atoms with E-state index in [4.69, 9.17) is 0 Å². The summed E-state index contributed by atoms with van der Waals surface area (Å²) in [4.78, 5) is 43.0. The minimum atomic E-state index is -0.849. The monoisotopic (exact) mass is 410 g/mol. The van der Waals surface area contributed by atoms with Crippen LogP contribution < -0.4 is 10.6 Å². The minimum Gasteiger partial charge on any atom is -0.348 e. The third-order valence-electron chi connectivity index (χ3n) is 6.26. The zero-order valence-electron chi connectivity index (χ0n) is 17.2. The molecule has 2 heterocycles. The summed E-state index contributed by atoms with van der Waals surface area (Å²) < 4.78 is 1.65. The van der Waals surface area contributed by atoms with E-state index in [1.54, 1.807) is 11.0 Å². The Balaban J connectivity index is 1.38. The number of amides is 4. The molecule has 0 radical (unpaired) electrons. The average molecular weight is 410 g/mol. The summed E-state index contributed by atoms with van der Waals surface area (Å²) in [5, 5.41) is 9.83. The Morgan fingerprint density at radius 1 is 1.30 bits per heavy atom. The maximum absolute atomic E-state index is 13.0. The van der Waals surface area contributed by atoms with Gasteiger partial charge in [0.05, 0.1) is 11.7 Å². The molecule has 3 atom stereocenters. The largest absolute Gasteiger partial charge is 0.348 e. The lowest BCUT2D eigenvalue weighted by molar-refractivity contribution is -0.137. The molecule has 1 aliphatic carbocycles. The standard InChI is InChI=1S/C21H26N6O3/c1-14-5-3-4-10-21(14)19(29)26(20(30)25-21)11-18(28)24-15(2)16-6-8-17(9-7-16)27-13-22-12-23-27/h6-9,12-15H,3-5,10-11H2,1-2H3,(H,24,28)(H,25,30)/t14-,15-,21+/m0/s1. The number of aromatic nitrogens is 3. The van der Waals surface area contributed by atoms with Crippen molar-refractivity contribution in [1.82, 2.24) is 30.3 Å². The van der Waals surface area contributed by atoms with Crippen LogP contribution in [0.5, 0.6) is 0 Å². The van der Waals surface area contributed by atoms with Gasteiger partial charge in [-0.25, -0.2) is 14.5 Å². The highest BCUT2D eigenvalue weighted by molar-refractivity contribution is 6.09. The fourth-order valence-electron chi connectivity index (χ4n) is 4.41. The summed E-state index contributed by atoms with van der Waals surface area (Å²) >= 11 is 0. The van der Waals surface area contributed by atoms with Gasteiger partial charge in [0.2, 0.25) is 5.91 Å². The van der Waals surface area contributed by atoms with Gasteiger partial charge in [-0.3, -0.25) is 14.5 Å². The molecular formula is C21H26N6O3. The van der Waals surface area contributed by atoms with E-state index in [0.29, 0.717) is 6.42 Å². The quantitative estimate of drug-likeness (QED) is 0.732. The number of rotatable bonds is 5. The number of benzene rings is 1. The molecule has 0 bridgehead atoms. The van der Waals surface area contributed by atoms with E-state index in [1.165, 1.54) is 6.33 Å². The SMILES string of the molecule is C[C@H](NC(=O)CN1C(=O)N[C@@]2(CCCC[C@@H]2C)C1=O)c1ccc(-n2cncn2)cc1. The predicted molar refractivity (Wildman–Crippen MR) is 109 cm³/mol. The van der Waals surface area contributed by atoms with Crippen LogP contribution in [0.3, 0.4) is 0 Å². The topological polar surface area (TPSA) is 109 Å². The first kappa shape index (κ1) is 20.1. The van der Waals surface area contributed by atoms with E-state index < -0.39 is 11.6 Å². The Bertz CT molecular complexity index is 942. The van der Waals surface area contributed by atoms with Crippen LogP contribution in [0, 0.1) is 5.92 Å². The summed E-state index contributed by atoms with van der Waals surface area (Å²) in [6, 6.07) is 6.82. The maximum atomic E-state index is 13.0. The number of carbonyl (C=O) groups excluding carboxylic acids is 3. The lowest BCUT2D eigenvalue weighted by Crippen LogP contribution is -2.54. The van der Waals surface area contributed by atoms with Gasteiger partial charge < -0.3 is 10.6 Å². The fraction of sp³-hybridized carbons (Fsp3) is 0.476. The first-order valence-corrected chi connectivity index (χ1v) is 10.3. The Hall–Kier alpha value is -3.23. The molecule has 1 aromatic heterocycles. The number of imide groups is 1. The normalized spacial score (nSPS) is 24.7. The van der Waals surface area contributed by atoms with E-state index in [-0.39, 0.29) is 30.3 Å². The molecule has 9 nitrogen and oxygen atoms in total. The summed E-state index contributed by atoms with van der Waals surface area (Å²) in [6.45, 7) is 3.57. The van der Waals surface area contributed by atoms with Gasteiger partial charge in [0.1, 0.15) is 24.7 Å². The fourth-order valence-corrected chi connectivity index (χ4v) is 4.41. The molecule has 158 valence electrons. The lowest BCUT2D eigenvalue weighted by Gasteiger charge is -2.36. The highest BCUT2D eigenvalue weighted by Crippen LogP contribution is 2.38. The summed E-state index contributed by atoms with van der Waals surface area (Å²) in [5.41, 5.74) is 0.918. The van der Waals surface area contributed by atoms with Crippen molar-refractivity contribution < 1.29 is 14.4 Å². The molecule has 4 rings (SSSR count). The zero-order chi connectivity index (χ0) is 21.3. The van der Waals surface area contributed by atoms with E-state index in [1.807, 2.05) is 38.1 Å². The molecule has 1 aromatic carbocycles. The molecule has 4 amide bonds.